The highest BCUT2D eigenvalue weighted by molar-refractivity contribution is 7.16. The largest absolute Gasteiger partial charge is 0.456 e. The van der Waals surface area contributed by atoms with Crippen molar-refractivity contribution in [2.45, 2.75) is 53.1 Å². The zero-order valence-corrected chi connectivity index (χ0v) is 18.7. The average Bonchev–Trinajstić information content (AvgIpc) is 3.13. The van der Waals surface area contributed by atoms with Crippen molar-refractivity contribution in [3.05, 3.63) is 57.0 Å². The maximum Gasteiger partial charge on any atom is 0.340 e. The van der Waals surface area contributed by atoms with E-state index in [1.54, 1.807) is 24.3 Å². The minimum atomic E-state index is -0.599. The van der Waals surface area contributed by atoms with Gasteiger partial charge in [0.2, 0.25) is 10.9 Å². The van der Waals surface area contributed by atoms with E-state index in [0.717, 1.165) is 24.3 Å². The van der Waals surface area contributed by atoms with Crippen LogP contribution in [0.1, 0.15) is 61.1 Å². The molecule has 0 saturated heterocycles. The number of anilines is 1. The number of carbonyl (C=O) groups excluding carboxylic acids is 2. The number of benzene rings is 1. The molecule has 0 spiro atoms. The van der Waals surface area contributed by atoms with Crippen LogP contribution in [0.15, 0.2) is 35.1 Å². The zero-order chi connectivity index (χ0) is 22.4. The molecule has 1 amide bonds. The maximum atomic E-state index is 12.6. The van der Waals surface area contributed by atoms with Gasteiger partial charge in [0.05, 0.1) is 16.9 Å². The molecule has 3 rings (SSSR count). The van der Waals surface area contributed by atoms with Crippen molar-refractivity contribution in [1.82, 2.24) is 14.6 Å². The summed E-state index contributed by atoms with van der Waals surface area (Å²) in [7, 11) is 0. The van der Waals surface area contributed by atoms with Gasteiger partial charge in [-0.1, -0.05) is 50.7 Å². The fourth-order valence-electron chi connectivity index (χ4n) is 2.94. The van der Waals surface area contributed by atoms with Crippen LogP contribution in [0.5, 0.6) is 0 Å². The van der Waals surface area contributed by atoms with E-state index in [4.69, 9.17) is 4.74 Å². The number of esters is 1. The quantitative estimate of drug-likeness (QED) is 0.505. The molecular weight excluding hydrogens is 416 g/mol. The number of nitrogens with one attached hydrogen (secondary N) is 1. The lowest BCUT2D eigenvalue weighted by Gasteiger charge is -2.10. The van der Waals surface area contributed by atoms with Crippen LogP contribution in [-0.4, -0.2) is 26.5 Å². The first kappa shape index (κ1) is 22.6. The maximum absolute atomic E-state index is 12.6. The van der Waals surface area contributed by atoms with Gasteiger partial charge in [-0.2, -0.15) is 9.61 Å². The van der Waals surface area contributed by atoms with Gasteiger partial charge in [0.15, 0.2) is 0 Å². The van der Waals surface area contributed by atoms with E-state index in [9.17, 15) is 14.4 Å². The van der Waals surface area contributed by atoms with Gasteiger partial charge < -0.3 is 10.1 Å². The first-order chi connectivity index (χ1) is 14.9. The normalized spacial score (nSPS) is 11.1. The number of nitrogens with zero attached hydrogens (tertiary/aromatic N) is 3. The molecule has 2 aromatic heterocycles. The van der Waals surface area contributed by atoms with E-state index in [1.165, 1.54) is 21.9 Å². The molecule has 164 valence electrons. The van der Waals surface area contributed by atoms with Crippen LogP contribution in [0.25, 0.3) is 4.96 Å². The summed E-state index contributed by atoms with van der Waals surface area (Å²) < 4.78 is 6.65. The number of rotatable bonds is 9. The van der Waals surface area contributed by atoms with E-state index in [2.05, 4.69) is 29.2 Å². The second-order valence-electron chi connectivity index (χ2n) is 7.65. The van der Waals surface area contributed by atoms with Crippen molar-refractivity contribution in [3.8, 4) is 0 Å². The second kappa shape index (κ2) is 10.3. The van der Waals surface area contributed by atoms with Gasteiger partial charge in [-0.3, -0.25) is 9.59 Å². The second-order valence-corrected chi connectivity index (χ2v) is 8.69. The lowest BCUT2D eigenvalue weighted by Crippen LogP contribution is -2.18. The molecule has 0 aliphatic rings. The third kappa shape index (κ3) is 5.97. The molecule has 1 aromatic carbocycles. The Bertz CT molecular complexity index is 1140. The highest BCUT2D eigenvalue weighted by Gasteiger charge is 2.16. The number of ether oxygens (including phenoxy) is 1. The van der Waals surface area contributed by atoms with Crippen molar-refractivity contribution >= 4 is 33.9 Å². The molecule has 0 unspecified atom stereocenters. The van der Waals surface area contributed by atoms with Crippen LogP contribution in [0.3, 0.4) is 0 Å². The van der Waals surface area contributed by atoms with E-state index in [1.807, 2.05) is 6.92 Å². The smallest absolute Gasteiger partial charge is 0.340 e. The first-order valence-corrected chi connectivity index (χ1v) is 11.1. The summed E-state index contributed by atoms with van der Waals surface area (Å²) in [5.41, 5.74) is 0.688. The van der Waals surface area contributed by atoms with Crippen molar-refractivity contribution in [2.75, 3.05) is 5.32 Å². The monoisotopic (exact) mass is 442 g/mol. The minimum absolute atomic E-state index is 0.148. The van der Waals surface area contributed by atoms with Crippen LogP contribution in [0.2, 0.25) is 0 Å². The molecule has 0 fully saturated rings. The molecule has 8 nitrogen and oxygen atoms in total. The Morgan fingerprint density at radius 3 is 2.77 bits per heavy atom. The summed E-state index contributed by atoms with van der Waals surface area (Å²) in [5, 5.41) is 7.90. The number of amides is 1. The Morgan fingerprint density at radius 1 is 1.26 bits per heavy atom. The molecule has 31 heavy (non-hydrogen) atoms. The molecule has 0 aliphatic carbocycles. The summed E-state index contributed by atoms with van der Waals surface area (Å²) in [6, 6.07) is 8.00. The van der Waals surface area contributed by atoms with E-state index >= 15 is 0 Å². The molecule has 1 N–H and O–H groups in total. The van der Waals surface area contributed by atoms with Crippen LogP contribution in [-0.2, 0) is 22.6 Å². The third-order valence-electron chi connectivity index (χ3n) is 4.45. The van der Waals surface area contributed by atoms with Crippen molar-refractivity contribution in [1.29, 1.82) is 0 Å². The van der Waals surface area contributed by atoms with E-state index < -0.39 is 5.97 Å². The van der Waals surface area contributed by atoms with E-state index in [-0.39, 0.29) is 23.6 Å². The number of carbonyl (C=O) groups is 2. The van der Waals surface area contributed by atoms with Crippen LogP contribution < -0.4 is 10.9 Å². The van der Waals surface area contributed by atoms with Crippen LogP contribution >= 0.6 is 11.3 Å². The van der Waals surface area contributed by atoms with E-state index in [0.29, 0.717) is 28.7 Å². The standard InChI is InChI=1S/C22H26N4O4S/c1-4-5-10-18(27)24-17-9-7-6-8-16(17)21(29)30-13-15-12-20(28)26-22(23-15)31-19(25-26)11-14(2)3/h6-9,12,14H,4-5,10-11,13H2,1-3H3,(H,24,27). The van der Waals surface area contributed by atoms with Crippen LogP contribution in [0.4, 0.5) is 5.69 Å². The number of para-hydroxylation sites is 1. The van der Waals surface area contributed by atoms with Gasteiger partial charge in [-0.15, -0.1) is 0 Å². The van der Waals surface area contributed by atoms with Crippen molar-refractivity contribution in [3.63, 3.8) is 0 Å². The Hall–Kier alpha value is -3.07. The molecule has 3 aromatic rings. The number of unbranched alkanes of at least 4 members (excludes halogenated alkanes) is 1. The molecule has 0 bridgehead atoms. The topological polar surface area (TPSA) is 103 Å². The minimum Gasteiger partial charge on any atom is -0.456 e. The highest BCUT2D eigenvalue weighted by Crippen LogP contribution is 2.18. The number of fused-ring (bicyclic) bond motifs is 1. The Balaban J connectivity index is 1.71. The predicted molar refractivity (Wildman–Crippen MR) is 119 cm³/mol. The van der Waals surface area contributed by atoms with Crippen LogP contribution in [0, 0.1) is 5.92 Å². The molecule has 2 heterocycles. The third-order valence-corrected chi connectivity index (χ3v) is 5.38. The molecule has 0 saturated carbocycles. The number of aromatic nitrogens is 3. The molecular formula is C22H26N4O4S. The van der Waals surface area contributed by atoms with Crippen molar-refractivity contribution in [2.24, 2.45) is 5.92 Å². The number of hydrogen-bond donors (Lipinski definition) is 1. The Labute approximate surface area is 184 Å². The SMILES string of the molecule is CCCCC(=O)Nc1ccccc1C(=O)OCc1cc(=O)n2nc(CC(C)C)sc2n1. The van der Waals surface area contributed by atoms with Gasteiger partial charge in [-0.25, -0.2) is 9.78 Å². The molecule has 0 atom stereocenters. The molecule has 0 aliphatic heterocycles. The zero-order valence-electron chi connectivity index (χ0n) is 17.9. The molecule has 9 heteroatoms. The van der Waals surface area contributed by atoms with Gasteiger partial charge in [-0.05, 0) is 24.5 Å². The van der Waals surface area contributed by atoms with Gasteiger partial charge in [0, 0.05) is 18.9 Å². The Morgan fingerprint density at radius 2 is 2.03 bits per heavy atom. The fraction of sp³-hybridized carbons (Fsp3) is 0.409. The lowest BCUT2D eigenvalue weighted by molar-refractivity contribution is -0.116. The molecule has 0 radical (unpaired) electrons. The summed E-state index contributed by atoms with van der Waals surface area (Å²) in [5.74, 6) is -0.331. The Kier molecular flexibility index (Phi) is 7.51. The average molecular weight is 443 g/mol. The fourth-order valence-corrected chi connectivity index (χ4v) is 4.07. The van der Waals surface area contributed by atoms with Crippen molar-refractivity contribution < 1.29 is 14.3 Å². The highest BCUT2D eigenvalue weighted by atomic mass is 32.1. The van der Waals surface area contributed by atoms with Gasteiger partial charge in [0.25, 0.3) is 5.56 Å². The van der Waals surface area contributed by atoms with Gasteiger partial charge in [0.1, 0.15) is 11.6 Å². The predicted octanol–water partition coefficient (Wildman–Crippen LogP) is 3.84. The number of hydrogen-bond acceptors (Lipinski definition) is 7. The lowest BCUT2D eigenvalue weighted by atomic mass is 10.1. The summed E-state index contributed by atoms with van der Waals surface area (Å²) in [4.78, 5) is 41.9. The van der Waals surface area contributed by atoms with Gasteiger partial charge >= 0.3 is 5.97 Å². The summed E-state index contributed by atoms with van der Waals surface area (Å²) >= 11 is 1.35. The summed E-state index contributed by atoms with van der Waals surface area (Å²) in [6.07, 6.45) is 2.84. The first-order valence-electron chi connectivity index (χ1n) is 10.3. The summed E-state index contributed by atoms with van der Waals surface area (Å²) in [6.45, 7) is 6.02.